The zero-order valence-electron chi connectivity index (χ0n) is 40.8. The molecule has 0 spiro atoms. The van der Waals surface area contributed by atoms with E-state index in [2.05, 4.69) is 26.1 Å². The number of hydrogen-bond donors (Lipinski definition) is 5. The number of Topliss-reactive ketones (excluding diaryl/α,β-unsaturated/α-hetero) is 3. The molecule has 0 saturated heterocycles. The first kappa shape index (κ1) is 53.3. The van der Waals surface area contributed by atoms with Gasteiger partial charge in [-0.05, 0) is 104 Å². The summed E-state index contributed by atoms with van der Waals surface area (Å²) in [5, 5.41) is 12.1. The second kappa shape index (κ2) is 24.6. The number of nitrogens with zero attached hydrogens (tertiary/aromatic N) is 3. The van der Waals surface area contributed by atoms with Gasteiger partial charge in [0.05, 0.1) is 35.7 Å². The number of aryl methyl sites for hydroxylation is 1. The Morgan fingerprint density at radius 2 is 1.54 bits per heavy atom. The van der Waals surface area contributed by atoms with E-state index in [1.807, 2.05) is 36.4 Å². The van der Waals surface area contributed by atoms with E-state index in [1.165, 1.54) is 11.9 Å². The van der Waals surface area contributed by atoms with E-state index in [4.69, 9.17) is 42.1 Å². The van der Waals surface area contributed by atoms with Crippen molar-refractivity contribution in [3.63, 3.8) is 0 Å². The van der Waals surface area contributed by atoms with Gasteiger partial charge in [0, 0.05) is 80.0 Å². The number of anilines is 1. The number of pyridine rings is 1. The van der Waals surface area contributed by atoms with Crippen molar-refractivity contribution in [3.05, 3.63) is 89.1 Å². The molecule has 368 valence electrons. The summed E-state index contributed by atoms with van der Waals surface area (Å²) >= 11 is 0. The Bertz CT molecular complexity index is 2490. The van der Waals surface area contributed by atoms with E-state index in [0.717, 1.165) is 17.7 Å². The number of rotatable bonds is 20. The third kappa shape index (κ3) is 14.2. The van der Waals surface area contributed by atoms with Gasteiger partial charge in [-0.25, -0.2) is 0 Å². The average molecular weight is 945 g/mol. The van der Waals surface area contributed by atoms with Crippen LogP contribution >= 0.6 is 0 Å². The minimum atomic E-state index is -1.26. The number of nitrogen functional groups attached to an aromatic ring is 1. The first-order valence-electron chi connectivity index (χ1n) is 23.6. The number of nitriles is 1. The molecule has 1 aliphatic heterocycles. The molecule has 3 aromatic carbocycles. The Hall–Kier alpha value is -6.67. The fraction of sp³-hybridized carbons (Fsp3) is 0.453. The summed E-state index contributed by atoms with van der Waals surface area (Å²) in [6.45, 7) is 11.1. The lowest BCUT2D eigenvalue weighted by Gasteiger charge is -2.32. The number of carbonyl (C=O) groups is 5. The van der Waals surface area contributed by atoms with Crippen molar-refractivity contribution in [2.45, 2.75) is 91.6 Å². The molecule has 16 nitrogen and oxygen atoms in total. The molecule has 0 aliphatic carbocycles. The molecule has 16 heteroatoms. The summed E-state index contributed by atoms with van der Waals surface area (Å²) in [6, 6.07) is 19.3. The summed E-state index contributed by atoms with van der Waals surface area (Å²) in [7, 11) is 1.49. The van der Waals surface area contributed by atoms with E-state index >= 15 is 0 Å². The highest BCUT2D eigenvalue weighted by Gasteiger charge is 2.36. The third-order valence-electron chi connectivity index (χ3n) is 12.1. The molecule has 4 bridgehead atoms. The second-order valence-corrected chi connectivity index (χ2v) is 18.8. The molecule has 2 heterocycles. The summed E-state index contributed by atoms with van der Waals surface area (Å²) in [6.07, 6.45) is 0.379. The van der Waals surface area contributed by atoms with Gasteiger partial charge in [-0.15, -0.1) is 0 Å². The van der Waals surface area contributed by atoms with Crippen molar-refractivity contribution >= 4 is 34.9 Å². The molecule has 0 radical (unpaired) electrons. The standard InChI is InChI=1S/C53H68N8O8/c1-32-26-46(64)50(36-12-16-48(69-25-22-57)40(29-36)39-27-34(9-15-47(39)68-24-21-56)28-43(60-51(32)65)44(62)8-7-19-54)61(6)52(66)37(17-20-55)30-45(63)49-33(2)59-42(31-41(49)58)35-10-13-38(14-11-35)67-23-18-53(3,4)5/h9-16,27,29,31-32,37,43,50H,7-8,17-18,20-26,28,30,55-57H2,1-6H3,(H2,58,59)(H,60,65)/t32-,37-,43+,50+/m1/s1. The largest absolute Gasteiger partial charge is 0.494 e. The van der Waals surface area contributed by atoms with Crippen molar-refractivity contribution in [1.29, 1.82) is 5.26 Å². The number of fused-ring (bicyclic) bond motifs is 5. The topological polar surface area (TPSA) is 269 Å². The summed E-state index contributed by atoms with van der Waals surface area (Å²) in [5.41, 5.74) is 28.8. The number of hydrogen-bond acceptors (Lipinski definition) is 14. The number of carbonyl (C=O) groups excluding carboxylic acids is 5. The van der Waals surface area contributed by atoms with E-state index in [1.54, 1.807) is 50.2 Å². The normalized spacial score (nSPS) is 16.6. The van der Waals surface area contributed by atoms with Crippen LogP contribution in [-0.4, -0.2) is 91.6 Å². The number of nitrogens with one attached hydrogen (secondary N) is 1. The Balaban J connectivity index is 1.52. The molecule has 9 N–H and O–H groups in total. The number of nitrogens with two attached hydrogens (primary N) is 4. The minimum absolute atomic E-state index is 0.0379. The van der Waals surface area contributed by atoms with Gasteiger partial charge in [0.15, 0.2) is 17.3 Å². The number of ether oxygens (including phenoxy) is 3. The van der Waals surface area contributed by atoms with Crippen LogP contribution in [-0.2, 0) is 25.6 Å². The first-order valence-corrected chi connectivity index (χ1v) is 23.6. The van der Waals surface area contributed by atoms with Gasteiger partial charge in [0.2, 0.25) is 11.8 Å². The van der Waals surface area contributed by atoms with Gasteiger partial charge in [0.1, 0.15) is 36.5 Å². The molecular formula is C53H68N8O8. The molecule has 0 saturated carbocycles. The summed E-state index contributed by atoms with van der Waals surface area (Å²) < 4.78 is 18.2. The van der Waals surface area contributed by atoms with Crippen molar-refractivity contribution < 1.29 is 38.2 Å². The predicted molar refractivity (Wildman–Crippen MR) is 265 cm³/mol. The number of amides is 2. The van der Waals surface area contributed by atoms with Gasteiger partial charge >= 0.3 is 0 Å². The highest BCUT2D eigenvalue weighted by molar-refractivity contribution is 6.04. The quantitative estimate of drug-likeness (QED) is 0.0632. The van der Waals surface area contributed by atoms with Crippen LogP contribution in [0.25, 0.3) is 22.4 Å². The summed E-state index contributed by atoms with van der Waals surface area (Å²) in [4.78, 5) is 77.2. The predicted octanol–water partition coefficient (Wildman–Crippen LogP) is 6.04. The van der Waals surface area contributed by atoms with Gasteiger partial charge in [-0.1, -0.05) is 39.8 Å². The van der Waals surface area contributed by atoms with Gasteiger partial charge in [0.25, 0.3) is 0 Å². The number of aromatic nitrogens is 1. The van der Waals surface area contributed by atoms with E-state index in [9.17, 15) is 29.2 Å². The van der Waals surface area contributed by atoms with Crippen LogP contribution in [0.1, 0.15) is 99.4 Å². The molecule has 1 aliphatic rings. The molecule has 2 amide bonds. The van der Waals surface area contributed by atoms with Crippen LogP contribution in [0.15, 0.2) is 66.7 Å². The van der Waals surface area contributed by atoms with Gasteiger partial charge in [-0.2, -0.15) is 5.26 Å². The van der Waals surface area contributed by atoms with Crippen molar-refractivity contribution in [2.24, 2.45) is 34.5 Å². The summed E-state index contributed by atoms with van der Waals surface area (Å²) in [5.74, 6) is -2.65. The van der Waals surface area contributed by atoms with Crippen LogP contribution < -0.4 is 42.5 Å². The lowest BCUT2D eigenvalue weighted by Crippen LogP contribution is -2.46. The highest BCUT2D eigenvalue weighted by atomic mass is 16.5. The molecule has 69 heavy (non-hydrogen) atoms. The van der Waals surface area contributed by atoms with Crippen molar-refractivity contribution in [1.82, 2.24) is 15.2 Å². The molecular weight excluding hydrogens is 877 g/mol. The lowest BCUT2D eigenvalue weighted by atomic mass is 9.88. The van der Waals surface area contributed by atoms with Crippen LogP contribution in [0.2, 0.25) is 0 Å². The Kier molecular flexibility index (Phi) is 19.0. The van der Waals surface area contributed by atoms with E-state index in [0.29, 0.717) is 51.7 Å². The van der Waals surface area contributed by atoms with Crippen LogP contribution in [0.4, 0.5) is 5.69 Å². The number of benzene rings is 3. The fourth-order valence-electron chi connectivity index (χ4n) is 8.37. The van der Waals surface area contributed by atoms with Crippen LogP contribution in [0.3, 0.4) is 0 Å². The van der Waals surface area contributed by atoms with Gasteiger partial charge < -0.3 is 47.4 Å². The Morgan fingerprint density at radius 1 is 0.884 bits per heavy atom. The average Bonchev–Trinajstić information content (AvgIpc) is 3.30. The monoisotopic (exact) mass is 945 g/mol. The molecule has 0 fully saturated rings. The maximum absolute atomic E-state index is 14.8. The molecule has 1 aromatic heterocycles. The number of ketones is 3. The van der Waals surface area contributed by atoms with Crippen LogP contribution in [0, 0.1) is 35.5 Å². The zero-order valence-corrected chi connectivity index (χ0v) is 40.8. The maximum atomic E-state index is 14.8. The lowest BCUT2D eigenvalue weighted by molar-refractivity contribution is -0.142. The smallest absolute Gasteiger partial charge is 0.226 e. The van der Waals surface area contributed by atoms with Crippen LogP contribution in [0.5, 0.6) is 17.2 Å². The van der Waals surface area contributed by atoms with E-state index < -0.39 is 47.3 Å². The van der Waals surface area contributed by atoms with E-state index in [-0.39, 0.29) is 93.8 Å². The second-order valence-electron chi connectivity index (χ2n) is 18.8. The maximum Gasteiger partial charge on any atom is 0.226 e. The fourth-order valence-corrected chi connectivity index (χ4v) is 8.37. The molecule has 4 atom stereocenters. The minimum Gasteiger partial charge on any atom is -0.494 e. The first-order chi connectivity index (χ1) is 32.9. The van der Waals surface area contributed by atoms with Gasteiger partial charge in [-0.3, -0.25) is 29.0 Å². The van der Waals surface area contributed by atoms with Crippen molar-refractivity contribution in [2.75, 3.05) is 52.2 Å². The number of likely N-dealkylation sites (N-methyl/N-ethyl adjacent to an activating group) is 1. The third-order valence-corrected chi connectivity index (χ3v) is 12.1. The zero-order chi connectivity index (χ0) is 50.4. The highest BCUT2D eigenvalue weighted by Crippen LogP contribution is 2.41. The Labute approximate surface area is 405 Å². The molecule has 4 aromatic rings. The Morgan fingerprint density at radius 3 is 2.14 bits per heavy atom. The molecule has 5 rings (SSSR count). The SMILES string of the molecule is Cc1nc(-c2ccc(OCCC(C)(C)C)cc2)cc(N)c1C(=O)C[C@@H](CCN)C(=O)N(C)[C@@H]1C(=O)C[C@@H](C)C(=O)N[C@H](C(=O)CCC#N)Cc2ccc(OCCN)c(c2)-c2cc1ccc2OCCN. The van der Waals surface area contributed by atoms with Crippen molar-refractivity contribution in [3.8, 4) is 45.7 Å². The molecule has 0 unspecified atom stereocenters.